The molecule has 1 aliphatic heterocycles. The van der Waals surface area contributed by atoms with Crippen molar-refractivity contribution in [2.24, 2.45) is 11.7 Å². The van der Waals surface area contributed by atoms with Gasteiger partial charge in [-0.1, -0.05) is 0 Å². The molecule has 1 saturated heterocycles. The Bertz CT molecular complexity index is 713. The fourth-order valence-corrected chi connectivity index (χ4v) is 2.63. The Labute approximate surface area is 147 Å². The van der Waals surface area contributed by atoms with Gasteiger partial charge in [0.05, 0.1) is 11.1 Å². The summed E-state index contributed by atoms with van der Waals surface area (Å²) in [6, 6.07) is 2.25. The number of ether oxygens (including phenoxy) is 1. The number of hydrogen-bond acceptors (Lipinski definition) is 5. The number of carbonyl (C=O) groups excluding carboxylic acids is 3. The predicted molar refractivity (Wildman–Crippen MR) is 84.6 cm³/mol. The summed E-state index contributed by atoms with van der Waals surface area (Å²) in [6.45, 7) is 0.0549. The lowest BCUT2D eigenvalue weighted by Gasteiger charge is -2.30. The average Bonchev–Trinajstić information content (AvgIpc) is 2.58. The van der Waals surface area contributed by atoms with Gasteiger partial charge in [-0.3, -0.25) is 9.59 Å². The Morgan fingerprint density at radius 2 is 1.81 bits per heavy atom. The molecule has 0 atom stereocenters. The molecule has 1 heterocycles. The molecule has 4 N–H and O–H groups in total. The first kappa shape index (κ1) is 19.5. The van der Waals surface area contributed by atoms with Gasteiger partial charge in [-0.15, -0.1) is 0 Å². The molecule has 142 valence electrons. The Balaban J connectivity index is 1.91. The first-order valence-corrected chi connectivity index (χ1v) is 7.80. The van der Waals surface area contributed by atoms with Gasteiger partial charge in [0.1, 0.15) is 0 Å². The van der Waals surface area contributed by atoms with Crippen LogP contribution >= 0.6 is 0 Å². The van der Waals surface area contributed by atoms with Crippen LogP contribution in [0.2, 0.25) is 0 Å². The second kappa shape index (κ2) is 7.63. The lowest BCUT2D eigenvalue weighted by molar-refractivity contribution is -0.137. The topological polar surface area (TPSA) is 116 Å². The van der Waals surface area contributed by atoms with Gasteiger partial charge in [0.15, 0.2) is 6.61 Å². The quantitative estimate of drug-likeness (QED) is 0.607. The van der Waals surface area contributed by atoms with Crippen molar-refractivity contribution in [3.8, 4) is 0 Å². The van der Waals surface area contributed by atoms with Gasteiger partial charge in [-0.25, -0.2) is 4.79 Å². The molecular formula is C16H18F3N3O4. The van der Waals surface area contributed by atoms with E-state index in [1.807, 2.05) is 0 Å². The van der Waals surface area contributed by atoms with Crippen LogP contribution in [-0.2, 0) is 20.5 Å². The lowest BCUT2D eigenvalue weighted by atomic mass is 9.96. The molecular weight excluding hydrogens is 355 g/mol. The Kier molecular flexibility index (Phi) is 5.73. The summed E-state index contributed by atoms with van der Waals surface area (Å²) in [6.07, 6.45) is -3.72. The van der Waals surface area contributed by atoms with E-state index in [1.54, 1.807) is 0 Å². The highest BCUT2D eigenvalue weighted by Gasteiger charge is 2.31. The van der Waals surface area contributed by atoms with E-state index in [4.69, 9.17) is 16.2 Å². The smallest absolute Gasteiger partial charge is 0.416 e. The van der Waals surface area contributed by atoms with Gasteiger partial charge >= 0.3 is 12.1 Å². The third-order valence-corrected chi connectivity index (χ3v) is 4.18. The van der Waals surface area contributed by atoms with Gasteiger partial charge in [-0.2, -0.15) is 13.2 Å². The predicted octanol–water partition coefficient (Wildman–Crippen LogP) is 1.17. The van der Waals surface area contributed by atoms with Crippen LogP contribution in [0.5, 0.6) is 0 Å². The number of nitrogens with two attached hydrogens (primary N) is 2. The number of benzene rings is 1. The number of likely N-dealkylation sites (tertiary alicyclic amines) is 1. The van der Waals surface area contributed by atoms with E-state index in [0.717, 1.165) is 6.07 Å². The number of piperidine rings is 1. The van der Waals surface area contributed by atoms with E-state index in [-0.39, 0.29) is 17.2 Å². The number of rotatable bonds is 4. The molecule has 0 bridgehead atoms. The van der Waals surface area contributed by atoms with Crippen LogP contribution in [0.15, 0.2) is 18.2 Å². The average molecular weight is 373 g/mol. The Morgan fingerprint density at radius 3 is 2.31 bits per heavy atom. The van der Waals surface area contributed by atoms with E-state index in [2.05, 4.69) is 0 Å². The van der Waals surface area contributed by atoms with Crippen molar-refractivity contribution in [1.29, 1.82) is 0 Å². The number of carbonyl (C=O) groups is 3. The van der Waals surface area contributed by atoms with Gasteiger partial charge in [0.25, 0.3) is 5.91 Å². The summed E-state index contributed by atoms with van der Waals surface area (Å²) in [5, 5.41) is 0. The van der Waals surface area contributed by atoms with E-state index < -0.39 is 36.1 Å². The number of amides is 2. The normalized spacial score (nSPS) is 15.6. The molecule has 1 aromatic rings. The molecule has 1 fully saturated rings. The molecule has 2 amide bonds. The van der Waals surface area contributed by atoms with Crippen LogP contribution in [0.1, 0.15) is 28.8 Å². The highest BCUT2D eigenvalue weighted by molar-refractivity contribution is 5.96. The molecule has 0 aromatic heterocycles. The summed E-state index contributed by atoms with van der Waals surface area (Å²) in [5.41, 5.74) is 9.05. The summed E-state index contributed by atoms with van der Waals surface area (Å²) in [5.74, 6) is -2.15. The van der Waals surface area contributed by atoms with Gasteiger partial charge in [-0.05, 0) is 31.0 Å². The third-order valence-electron chi connectivity index (χ3n) is 4.18. The molecule has 7 nitrogen and oxygen atoms in total. The van der Waals surface area contributed by atoms with Crippen molar-refractivity contribution in [3.05, 3.63) is 29.3 Å². The molecule has 2 rings (SSSR count). The SMILES string of the molecule is NC(=O)C1CCN(C(=O)COC(=O)c2ccc(C(F)(F)F)cc2N)CC1. The Hall–Kier alpha value is -2.78. The maximum absolute atomic E-state index is 12.6. The van der Waals surface area contributed by atoms with Crippen LogP contribution in [-0.4, -0.2) is 42.4 Å². The molecule has 1 aromatic carbocycles. The van der Waals surface area contributed by atoms with Gasteiger partial charge < -0.3 is 21.1 Å². The highest BCUT2D eigenvalue weighted by Crippen LogP contribution is 2.31. The zero-order valence-electron chi connectivity index (χ0n) is 13.7. The monoisotopic (exact) mass is 373 g/mol. The maximum atomic E-state index is 12.6. The molecule has 10 heteroatoms. The standard InChI is InChI=1S/C16H18F3N3O4/c17-16(18,19)10-1-2-11(12(20)7-10)15(25)26-8-13(23)22-5-3-9(4-6-22)14(21)24/h1-2,7,9H,3-6,8,20H2,(H2,21,24). The van der Waals surface area contributed by atoms with E-state index >= 15 is 0 Å². The lowest BCUT2D eigenvalue weighted by Crippen LogP contribution is -2.43. The fraction of sp³-hybridized carbons (Fsp3) is 0.438. The first-order valence-electron chi connectivity index (χ1n) is 7.80. The molecule has 26 heavy (non-hydrogen) atoms. The number of anilines is 1. The maximum Gasteiger partial charge on any atom is 0.416 e. The molecule has 0 aliphatic carbocycles. The van der Waals surface area contributed by atoms with Crippen LogP contribution in [0, 0.1) is 5.92 Å². The number of hydrogen-bond donors (Lipinski definition) is 2. The van der Waals surface area contributed by atoms with Crippen LogP contribution in [0.3, 0.4) is 0 Å². The zero-order chi connectivity index (χ0) is 19.5. The third kappa shape index (κ3) is 4.64. The second-order valence-electron chi connectivity index (χ2n) is 5.93. The minimum atomic E-state index is -4.58. The molecule has 0 radical (unpaired) electrons. The van der Waals surface area contributed by atoms with Crippen molar-refractivity contribution in [2.45, 2.75) is 19.0 Å². The van der Waals surface area contributed by atoms with Crippen molar-refractivity contribution in [3.63, 3.8) is 0 Å². The molecule has 0 unspecified atom stereocenters. The zero-order valence-corrected chi connectivity index (χ0v) is 13.7. The van der Waals surface area contributed by atoms with E-state index in [1.165, 1.54) is 4.90 Å². The summed E-state index contributed by atoms with van der Waals surface area (Å²) in [4.78, 5) is 36.5. The van der Waals surface area contributed by atoms with Crippen LogP contribution in [0.4, 0.5) is 18.9 Å². The number of nitrogen functional groups attached to an aromatic ring is 1. The molecule has 1 aliphatic rings. The number of nitrogens with zero attached hydrogens (tertiary/aromatic N) is 1. The first-order chi connectivity index (χ1) is 12.1. The van der Waals surface area contributed by atoms with Crippen molar-refractivity contribution >= 4 is 23.5 Å². The second-order valence-corrected chi connectivity index (χ2v) is 5.93. The summed E-state index contributed by atoms with van der Waals surface area (Å²) < 4.78 is 42.6. The fourth-order valence-electron chi connectivity index (χ4n) is 2.63. The van der Waals surface area contributed by atoms with Crippen molar-refractivity contribution < 1.29 is 32.3 Å². The van der Waals surface area contributed by atoms with E-state index in [0.29, 0.717) is 38.1 Å². The van der Waals surface area contributed by atoms with Gasteiger partial charge in [0.2, 0.25) is 5.91 Å². The molecule has 0 spiro atoms. The number of alkyl halides is 3. The van der Waals surface area contributed by atoms with E-state index in [9.17, 15) is 27.6 Å². The number of primary amides is 1. The van der Waals surface area contributed by atoms with Crippen LogP contribution < -0.4 is 11.5 Å². The van der Waals surface area contributed by atoms with Crippen LogP contribution in [0.25, 0.3) is 0 Å². The largest absolute Gasteiger partial charge is 0.452 e. The molecule has 0 saturated carbocycles. The number of halogens is 3. The highest BCUT2D eigenvalue weighted by atomic mass is 19.4. The van der Waals surface area contributed by atoms with Gasteiger partial charge in [0, 0.05) is 24.7 Å². The minimum Gasteiger partial charge on any atom is -0.452 e. The van der Waals surface area contributed by atoms with Crippen molar-refractivity contribution in [2.75, 3.05) is 25.4 Å². The number of esters is 1. The van der Waals surface area contributed by atoms with Crippen molar-refractivity contribution in [1.82, 2.24) is 4.90 Å². The Morgan fingerprint density at radius 1 is 1.19 bits per heavy atom. The minimum absolute atomic E-state index is 0.252. The summed E-state index contributed by atoms with van der Waals surface area (Å²) in [7, 11) is 0. The summed E-state index contributed by atoms with van der Waals surface area (Å²) >= 11 is 0.